The first-order valence-electron chi connectivity index (χ1n) is 6.99. The highest BCUT2D eigenvalue weighted by Gasteiger charge is 2.05. The minimum absolute atomic E-state index is 0.0685. The van der Waals surface area contributed by atoms with E-state index in [1.54, 1.807) is 24.4 Å². The number of carbonyl (C=O) groups excluding carboxylic acids is 1. The van der Waals surface area contributed by atoms with E-state index in [4.69, 9.17) is 9.15 Å². The standard InChI is InChI=1S/C17H14N2O4/c1-12-4-6-15-18-13(9-16(20)19(15)10-12)11-23-17(21)7-5-14-3-2-8-22-14/h2-10H,11H2,1H3/b7-5+. The summed E-state index contributed by atoms with van der Waals surface area (Å²) in [5.41, 5.74) is 1.67. The van der Waals surface area contributed by atoms with E-state index in [9.17, 15) is 9.59 Å². The molecule has 6 heteroatoms. The topological polar surface area (TPSA) is 73.8 Å². The molecule has 0 aromatic carbocycles. The van der Waals surface area contributed by atoms with Crippen molar-refractivity contribution in [3.05, 3.63) is 76.2 Å². The number of rotatable bonds is 4. The molecule has 0 unspecified atom stereocenters. The van der Waals surface area contributed by atoms with Crippen molar-refractivity contribution in [1.82, 2.24) is 9.38 Å². The number of carbonyl (C=O) groups is 1. The van der Waals surface area contributed by atoms with Crippen LogP contribution in [0.25, 0.3) is 11.7 Å². The van der Waals surface area contributed by atoms with Crippen LogP contribution in [0, 0.1) is 6.92 Å². The zero-order valence-corrected chi connectivity index (χ0v) is 12.4. The predicted molar refractivity (Wildman–Crippen MR) is 83.7 cm³/mol. The molecule has 0 aliphatic rings. The number of hydrogen-bond acceptors (Lipinski definition) is 5. The van der Waals surface area contributed by atoms with Crippen molar-refractivity contribution < 1.29 is 13.9 Å². The van der Waals surface area contributed by atoms with E-state index in [1.165, 1.54) is 28.9 Å². The van der Waals surface area contributed by atoms with Crippen LogP contribution in [0.4, 0.5) is 0 Å². The van der Waals surface area contributed by atoms with Crippen molar-refractivity contribution in [1.29, 1.82) is 0 Å². The molecule has 0 amide bonds. The average molecular weight is 310 g/mol. The Morgan fingerprint density at radius 3 is 3.04 bits per heavy atom. The molecule has 0 N–H and O–H groups in total. The first-order chi connectivity index (χ1) is 11.1. The molecule has 0 atom stereocenters. The number of hydrogen-bond donors (Lipinski definition) is 0. The molecule has 0 aliphatic heterocycles. The molecule has 3 heterocycles. The lowest BCUT2D eigenvalue weighted by atomic mass is 10.3. The van der Waals surface area contributed by atoms with Crippen LogP contribution in [0.2, 0.25) is 0 Å². The molecular weight excluding hydrogens is 296 g/mol. The number of fused-ring (bicyclic) bond motifs is 1. The lowest BCUT2D eigenvalue weighted by molar-refractivity contribution is -0.139. The second-order valence-corrected chi connectivity index (χ2v) is 4.98. The zero-order chi connectivity index (χ0) is 16.2. The Morgan fingerprint density at radius 1 is 1.39 bits per heavy atom. The third-order valence-electron chi connectivity index (χ3n) is 3.15. The largest absolute Gasteiger partial charge is 0.465 e. The van der Waals surface area contributed by atoms with E-state index in [2.05, 4.69) is 4.98 Å². The second-order valence-electron chi connectivity index (χ2n) is 4.98. The van der Waals surface area contributed by atoms with Gasteiger partial charge in [0.05, 0.1) is 12.0 Å². The molecule has 3 aromatic rings. The minimum Gasteiger partial charge on any atom is -0.465 e. The maximum atomic E-state index is 12.0. The molecule has 0 saturated heterocycles. The molecule has 0 radical (unpaired) electrons. The van der Waals surface area contributed by atoms with Gasteiger partial charge in [-0.25, -0.2) is 9.78 Å². The molecule has 116 valence electrons. The highest BCUT2D eigenvalue weighted by molar-refractivity contribution is 5.86. The highest BCUT2D eigenvalue weighted by atomic mass is 16.5. The van der Waals surface area contributed by atoms with E-state index in [0.29, 0.717) is 17.1 Å². The number of furan rings is 1. The fraction of sp³-hybridized carbons (Fsp3) is 0.118. The molecule has 0 fully saturated rings. The van der Waals surface area contributed by atoms with Crippen LogP contribution >= 0.6 is 0 Å². The molecule has 0 spiro atoms. The van der Waals surface area contributed by atoms with Crippen LogP contribution in [0.3, 0.4) is 0 Å². The number of aryl methyl sites for hydroxylation is 1. The van der Waals surface area contributed by atoms with Crippen LogP contribution in [0.1, 0.15) is 17.0 Å². The summed E-state index contributed by atoms with van der Waals surface area (Å²) < 4.78 is 11.6. The zero-order valence-electron chi connectivity index (χ0n) is 12.4. The summed E-state index contributed by atoms with van der Waals surface area (Å²) in [6, 6.07) is 8.41. The number of pyridine rings is 1. The Balaban J connectivity index is 1.71. The van der Waals surface area contributed by atoms with Crippen LogP contribution in [0.15, 0.2) is 58.1 Å². The number of esters is 1. The molecule has 0 bridgehead atoms. The third kappa shape index (κ3) is 3.55. The monoisotopic (exact) mass is 310 g/mol. The number of ether oxygens (including phenoxy) is 1. The number of nitrogens with zero attached hydrogens (tertiary/aromatic N) is 2. The van der Waals surface area contributed by atoms with Gasteiger partial charge in [0.15, 0.2) is 0 Å². The van der Waals surface area contributed by atoms with Gasteiger partial charge in [-0.05, 0) is 36.8 Å². The van der Waals surface area contributed by atoms with Gasteiger partial charge in [0.1, 0.15) is 18.0 Å². The van der Waals surface area contributed by atoms with Crippen molar-refractivity contribution in [3.63, 3.8) is 0 Å². The first-order valence-corrected chi connectivity index (χ1v) is 6.99. The SMILES string of the molecule is Cc1ccc2nc(COC(=O)/C=C/c3ccco3)cc(=O)n2c1. The number of aromatic nitrogens is 2. The highest BCUT2D eigenvalue weighted by Crippen LogP contribution is 2.05. The van der Waals surface area contributed by atoms with Gasteiger partial charge in [-0.1, -0.05) is 6.07 Å². The average Bonchev–Trinajstić information content (AvgIpc) is 3.05. The van der Waals surface area contributed by atoms with Gasteiger partial charge in [-0.2, -0.15) is 0 Å². The predicted octanol–water partition coefficient (Wildman–Crippen LogP) is 2.35. The van der Waals surface area contributed by atoms with Gasteiger partial charge in [0.2, 0.25) is 0 Å². The summed E-state index contributed by atoms with van der Waals surface area (Å²) in [5, 5.41) is 0. The Labute approximate surface area is 131 Å². The summed E-state index contributed by atoms with van der Waals surface area (Å²) in [7, 11) is 0. The Kier molecular flexibility index (Phi) is 4.05. The van der Waals surface area contributed by atoms with Gasteiger partial charge < -0.3 is 9.15 Å². The van der Waals surface area contributed by atoms with Gasteiger partial charge in [0.25, 0.3) is 5.56 Å². The Morgan fingerprint density at radius 2 is 2.26 bits per heavy atom. The maximum Gasteiger partial charge on any atom is 0.331 e. The normalized spacial score (nSPS) is 11.2. The van der Waals surface area contributed by atoms with Crippen LogP contribution in [0.5, 0.6) is 0 Å². The quantitative estimate of drug-likeness (QED) is 0.546. The molecule has 0 saturated carbocycles. The van der Waals surface area contributed by atoms with Crippen molar-refractivity contribution >= 4 is 17.7 Å². The summed E-state index contributed by atoms with van der Waals surface area (Å²) in [5.74, 6) is 0.0201. The molecular formula is C17H14N2O4. The van der Waals surface area contributed by atoms with Crippen molar-refractivity contribution in [2.45, 2.75) is 13.5 Å². The van der Waals surface area contributed by atoms with E-state index in [0.717, 1.165) is 5.56 Å². The fourth-order valence-corrected chi connectivity index (χ4v) is 2.06. The maximum absolute atomic E-state index is 12.0. The fourth-order valence-electron chi connectivity index (χ4n) is 2.06. The molecule has 23 heavy (non-hydrogen) atoms. The van der Waals surface area contributed by atoms with Gasteiger partial charge >= 0.3 is 5.97 Å². The van der Waals surface area contributed by atoms with Gasteiger partial charge in [-0.3, -0.25) is 9.20 Å². The van der Waals surface area contributed by atoms with Crippen molar-refractivity contribution in [3.8, 4) is 0 Å². The van der Waals surface area contributed by atoms with E-state index >= 15 is 0 Å². The van der Waals surface area contributed by atoms with Crippen molar-refractivity contribution in [2.24, 2.45) is 0 Å². The van der Waals surface area contributed by atoms with Gasteiger partial charge in [-0.15, -0.1) is 0 Å². The summed E-state index contributed by atoms with van der Waals surface area (Å²) in [4.78, 5) is 28.0. The van der Waals surface area contributed by atoms with Crippen molar-refractivity contribution in [2.75, 3.05) is 0 Å². The first kappa shape index (κ1) is 14.8. The molecule has 3 aromatic heterocycles. The lowest BCUT2D eigenvalue weighted by Crippen LogP contribution is -2.16. The molecule has 0 aliphatic carbocycles. The van der Waals surface area contributed by atoms with Gasteiger partial charge in [0, 0.05) is 18.3 Å². The summed E-state index contributed by atoms with van der Waals surface area (Å²) in [6.07, 6.45) is 6.00. The Bertz CT molecular complexity index is 923. The minimum atomic E-state index is -0.535. The smallest absolute Gasteiger partial charge is 0.331 e. The second kappa shape index (κ2) is 6.31. The Hall–Kier alpha value is -3.15. The lowest BCUT2D eigenvalue weighted by Gasteiger charge is -2.05. The van der Waals surface area contributed by atoms with E-state index in [-0.39, 0.29) is 12.2 Å². The van der Waals surface area contributed by atoms with E-state index < -0.39 is 5.97 Å². The van der Waals surface area contributed by atoms with Crippen LogP contribution in [-0.2, 0) is 16.1 Å². The van der Waals surface area contributed by atoms with E-state index in [1.807, 2.05) is 13.0 Å². The van der Waals surface area contributed by atoms with Crippen LogP contribution < -0.4 is 5.56 Å². The summed E-state index contributed by atoms with van der Waals surface area (Å²) in [6.45, 7) is 1.83. The molecule has 6 nitrogen and oxygen atoms in total. The molecule has 3 rings (SSSR count). The van der Waals surface area contributed by atoms with Crippen LogP contribution in [-0.4, -0.2) is 15.4 Å². The third-order valence-corrected chi connectivity index (χ3v) is 3.15. The summed E-state index contributed by atoms with van der Waals surface area (Å²) >= 11 is 0.